The van der Waals surface area contributed by atoms with E-state index in [0.717, 1.165) is 26.2 Å². The number of ether oxygens (including phenoxy) is 1. The highest BCUT2D eigenvalue weighted by Gasteiger charge is 2.24. The van der Waals surface area contributed by atoms with Crippen molar-refractivity contribution in [1.29, 1.82) is 0 Å². The summed E-state index contributed by atoms with van der Waals surface area (Å²) in [5.41, 5.74) is 1.22. The Hall–Kier alpha value is -0.490. The molecular formula is C13H23N3OS. The van der Waals surface area contributed by atoms with E-state index in [1.807, 2.05) is 0 Å². The number of thiazole rings is 1. The highest BCUT2D eigenvalue weighted by Crippen LogP contribution is 2.20. The average molecular weight is 269 g/mol. The lowest BCUT2D eigenvalue weighted by atomic mass is 10.2. The highest BCUT2D eigenvalue weighted by atomic mass is 32.1. The summed E-state index contributed by atoms with van der Waals surface area (Å²) in [6.45, 7) is 7.07. The summed E-state index contributed by atoms with van der Waals surface area (Å²) in [5.74, 6) is 0. The normalized spacial score (nSPS) is 20.7. The fourth-order valence-corrected chi connectivity index (χ4v) is 3.07. The van der Waals surface area contributed by atoms with Crippen LogP contribution < -0.4 is 5.32 Å². The zero-order chi connectivity index (χ0) is 12.8. The van der Waals surface area contributed by atoms with Crippen molar-refractivity contribution in [2.75, 3.05) is 33.4 Å². The zero-order valence-corrected chi connectivity index (χ0v) is 12.1. The van der Waals surface area contributed by atoms with Gasteiger partial charge in [0.2, 0.25) is 0 Å². The van der Waals surface area contributed by atoms with Crippen LogP contribution in [0, 0.1) is 6.92 Å². The molecule has 1 aromatic rings. The Morgan fingerprint density at radius 1 is 1.61 bits per heavy atom. The molecule has 1 unspecified atom stereocenters. The van der Waals surface area contributed by atoms with Crippen molar-refractivity contribution in [1.82, 2.24) is 15.2 Å². The van der Waals surface area contributed by atoms with E-state index in [-0.39, 0.29) is 0 Å². The van der Waals surface area contributed by atoms with E-state index >= 15 is 0 Å². The minimum absolute atomic E-state index is 0.656. The van der Waals surface area contributed by atoms with Gasteiger partial charge in [0, 0.05) is 38.2 Å². The molecule has 0 aromatic carbocycles. The third-order valence-corrected chi connectivity index (χ3v) is 4.22. The third kappa shape index (κ3) is 4.02. The van der Waals surface area contributed by atoms with Crippen LogP contribution in [0.5, 0.6) is 0 Å². The summed E-state index contributed by atoms with van der Waals surface area (Å²) in [4.78, 5) is 7.10. The molecule has 2 heterocycles. The Morgan fingerprint density at radius 3 is 3.22 bits per heavy atom. The Bertz CT molecular complexity index is 356. The van der Waals surface area contributed by atoms with Crippen molar-refractivity contribution >= 4 is 11.3 Å². The first-order chi connectivity index (χ1) is 8.79. The molecule has 1 saturated heterocycles. The lowest BCUT2D eigenvalue weighted by Gasteiger charge is -2.23. The number of aryl methyl sites for hydroxylation is 1. The van der Waals surface area contributed by atoms with E-state index in [1.165, 1.54) is 30.1 Å². The van der Waals surface area contributed by atoms with Crippen LogP contribution in [-0.2, 0) is 11.3 Å². The first kappa shape index (κ1) is 13.9. The number of likely N-dealkylation sites (tertiary alicyclic amines) is 1. The van der Waals surface area contributed by atoms with Gasteiger partial charge in [-0.25, -0.2) is 4.98 Å². The van der Waals surface area contributed by atoms with Gasteiger partial charge in [0.1, 0.15) is 0 Å². The minimum Gasteiger partial charge on any atom is -0.383 e. The maximum atomic E-state index is 5.05. The van der Waals surface area contributed by atoms with Crippen molar-refractivity contribution in [2.24, 2.45) is 0 Å². The maximum Gasteiger partial charge on any atom is 0.0897 e. The molecular weight excluding hydrogens is 246 g/mol. The van der Waals surface area contributed by atoms with Gasteiger partial charge in [0.25, 0.3) is 0 Å². The molecule has 0 bridgehead atoms. The van der Waals surface area contributed by atoms with E-state index in [0.29, 0.717) is 6.04 Å². The second-order valence-corrected chi connectivity index (χ2v) is 5.88. The van der Waals surface area contributed by atoms with Crippen LogP contribution in [0.25, 0.3) is 0 Å². The molecule has 0 radical (unpaired) electrons. The minimum atomic E-state index is 0.656. The van der Waals surface area contributed by atoms with Crippen molar-refractivity contribution in [3.05, 3.63) is 16.1 Å². The van der Waals surface area contributed by atoms with Crippen LogP contribution in [-0.4, -0.2) is 49.3 Å². The van der Waals surface area contributed by atoms with Gasteiger partial charge in [-0.05, 0) is 26.3 Å². The van der Waals surface area contributed by atoms with Gasteiger partial charge in [-0.15, -0.1) is 11.3 Å². The quantitative estimate of drug-likeness (QED) is 0.764. The van der Waals surface area contributed by atoms with E-state index in [4.69, 9.17) is 4.74 Å². The zero-order valence-electron chi connectivity index (χ0n) is 11.3. The van der Waals surface area contributed by atoms with Gasteiger partial charge >= 0.3 is 0 Å². The van der Waals surface area contributed by atoms with Crippen LogP contribution in [0.4, 0.5) is 0 Å². The Kier molecular flexibility index (Phi) is 5.56. The highest BCUT2D eigenvalue weighted by molar-refractivity contribution is 7.09. The van der Waals surface area contributed by atoms with Crippen molar-refractivity contribution in [3.63, 3.8) is 0 Å². The fraction of sp³-hybridized carbons (Fsp3) is 0.769. The molecule has 0 saturated carbocycles. The lowest BCUT2D eigenvalue weighted by Crippen LogP contribution is -2.38. The average Bonchev–Trinajstić information content (AvgIpc) is 2.95. The van der Waals surface area contributed by atoms with Crippen molar-refractivity contribution in [2.45, 2.75) is 32.4 Å². The SMILES string of the molecule is COCCNCC1CCCN1Cc1csc(C)n1. The monoisotopic (exact) mass is 269 g/mol. The molecule has 0 spiro atoms. The largest absolute Gasteiger partial charge is 0.383 e. The Labute approximate surface area is 113 Å². The Balaban J connectivity index is 1.76. The molecule has 1 aromatic heterocycles. The molecule has 1 fully saturated rings. The molecule has 4 nitrogen and oxygen atoms in total. The summed E-state index contributed by atoms with van der Waals surface area (Å²) in [5, 5.41) is 6.81. The first-order valence-electron chi connectivity index (χ1n) is 6.64. The molecule has 18 heavy (non-hydrogen) atoms. The molecule has 1 aliphatic rings. The number of methoxy groups -OCH3 is 1. The number of aromatic nitrogens is 1. The number of hydrogen-bond acceptors (Lipinski definition) is 5. The van der Waals surface area contributed by atoms with E-state index < -0.39 is 0 Å². The fourth-order valence-electron chi connectivity index (χ4n) is 2.47. The smallest absolute Gasteiger partial charge is 0.0897 e. The second kappa shape index (κ2) is 7.19. The van der Waals surface area contributed by atoms with Gasteiger partial charge in [0.15, 0.2) is 0 Å². The molecule has 2 rings (SSSR count). The van der Waals surface area contributed by atoms with Crippen LogP contribution in [0.3, 0.4) is 0 Å². The standard InChI is InChI=1S/C13H23N3OS/c1-11-15-12(10-18-11)9-16-6-3-4-13(16)8-14-5-7-17-2/h10,13-14H,3-9H2,1-2H3. The molecule has 1 atom stereocenters. The third-order valence-electron chi connectivity index (χ3n) is 3.39. The summed E-state index contributed by atoms with van der Waals surface area (Å²) < 4.78 is 5.05. The summed E-state index contributed by atoms with van der Waals surface area (Å²) in [7, 11) is 1.74. The maximum absolute atomic E-state index is 5.05. The van der Waals surface area contributed by atoms with Gasteiger partial charge < -0.3 is 10.1 Å². The van der Waals surface area contributed by atoms with Gasteiger partial charge in [0.05, 0.1) is 17.3 Å². The number of rotatable bonds is 7. The number of nitrogens with one attached hydrogen (secondary N) is 1. The van der Waals surface area contributed by atoms with Gasteiger partial charge in [-0.2, -0.15) is 0 Å². The predicted molar refractivity (Wildman–Crippen MR) is 75.0 cm³/mol. The van der Waals surface area contributed by atoms with Crippen LogP contribution in [0.2, 0.25) is 0 Å². The van der Waals surface area contributed by atoms with Gasteiger partial charge in [-0.1, -0.05) is 0 Å². The number of hydrogen-bond donors (Lipinski definition) is 1. The second-order valence-electron chi connectivity index (χ2n) is 4.82. The predicted octanol–water partition coefficient (Wildman–Crippen LogP) is 1.65. The molecule has 102 valence electrons. The van der Waals surface area contributed by atoms with Crippen molar-refractivity contribution < 1.29 is 4.74 Å². The van der Waals surface area contributed by atoms with E-state index in [1.54, 1.807) is 18.4 Å². The van der Waals surface area contributed by atoms with E-state index in [2.05, 4.69) is 27.5 Å². The van der Waals surface area contributed by atoms with E-state index in [9.17, 15) is 0 Å². The van der Waals surface area contributed by atoms with Crippen LogP contribution in [0.15, 0.2) is 5.38 Å². The summed E-state index contributed by atoms with van der Waals surface area (Å²) >= 11 is 1.74. The summed E-state index contributed by atoms with van der Waals surface area (Å²) in [6, 6.07) is 0.656. The van der Waals surface area contributed by atoms with Crippen LogP contribution >= 0.6 is 11.3 Å². The van der Waals surface area contributed by atoms with Gasteiger partial charge in [-0.3, -0.25) is 4.90 Å². The molecule has 0 amide bonds. The lowest BCUT2D eigenvalue weighted by molar-refractivity contribution is 0.190. The molecule has 1 N–H and O–H groups in total. The Morgan fingerprint density at radius 2 is 2.50 bits per heavy atom. The molecule has 5 heteroatoms. The van der Waals surface area contributed by atoms with Crippen LogP contribution in [0.1, 0.15) is 23.5 Å². The number of nitrogens with zero attached hydrogens (tertiary/aromatic N) is 2. The molecule has 1 aliphatic heterocycles. The first-order valence-corrected chi connectivity index (χ1v) is 7.52. The van der Waals surface area contributed by atoms with Crippen molar-refractivity contribution in [3.8, 4) is 0 Å². The summed E-state index contributed by atoms with van der Waals surface area (Å²) in [6.07, 6.45) is 2.60. The molecule has 0 aliphatic carbocycles. The topological polar surface area (TPSA) is 37.4 Å².